The van der Waals surface area contributed by atoms with Gasteiger partial charge in [0.1, 0.15) is 12.3 Å². The number of nitrogens with zero attached hydrogens (tertiary/aromatic N) is 4. The van der Waals surface area contributed by atoms with E-state index in [1.54, 1.807) is 6.92 Å². The number of fused-ring (bicyclic) bond motifs is 2. The number of unbranched alkanes of at least 4 members (excludes halogenated alkanes) is 3. The summed E-state index contributed by atoms with van der Waals surface area (Å²) in [5, 5.41) is 10.4. The van der Waals surface area contributed by atoms with E-state index >= 15 is 0 Å². The topological polar surface area (TPSA) is 210 Å². The van der Waals surface area contributed by atoms with Gasteiger partial charge in [0.05, 0.1) is 30.4 Å². The molecular formula is C29H37N6O10P. The van der Waals surface area contributed by atoms with Gasteiger partial charge in [-0.05, 0) is 56.9 Å². The molecule has 0 aliphatic carbocycles. The molecule has 1 aromatic carbocycles. The highest BCUT2D eigenvalue weighted by molar-refractivity contribution is 7.48. The average Bonchev–Trinajstić information content (AvgIpc) is 3.38. The minimum atomic E-state index is -3.96. The molecule has 1 fully saturated rings. The van der Waals surface area contributed by atoms with Gasteiger partial charge in [-0.3, -0.25) is 37.7 Å². The summed E-state index contributed by atoms with van der Waals surface area (Å²) in [4.78, 5) is 61.2. The van der Waals surface area contributed by atoms with Gasteiger partial charge in [-0.1, -0.05) is 12.8 Å². The summed E-state index contributed by atoms with van der Waals surface area (Å²) in [6, 6.07) is 3.88. The molecule has 0 saturated carbocycles. The fraction of sp³-hybridized carbons (Fsp3) is 0.517. The second-order valence-electron chi connectivity index (χ2n) is 11.3. The molecule has 2 aromatic rings. The quantitative estimate of drug-likeness (QED) is 0.107. The van der Waals surface area contributed by atoms with Gasteiger partial charge in [-0.2, -0.15) is 4.98 Å². The van der Waals surface area contributed by atoms with Crippen LogP contribution in [-0.2, 0) is 29.4 Å². The smallest absolute Gasteiger partial charge is 0.390 e. The lowest BCUT2D eigenvalue weighted by molar-refractivity contribution is -0.0474. The Hall–Kier alpha value is -3.79. The fourth-order valence-electron chi connectivity index (χ4n) is 5.32. The molecule has 17 heteroatoms. The minimum Gasteiger partial charge on any atom is -0.390 e. The first-order chi connectivity index (χ1) is 21.9. The number of aromatic amines is 2. The summed E-state index contributed by atoms with van der Waals surface area (Å²) in [6.45, 7) is 5.75. The Morgan fingerprint density at radius 2 is 1.72 bits per heavy atom. The molecule has 3 N–H and O–H groups in total. The molecule has 1 aromatic heterocycles. The maximum Gasteiger partial charge on any atom is 0.474 e. The van der Waals surface area contributed by atoms with Crippen molar-refractivity contribution < 1.29 is 28.0 Å². The van der Waals surface area contributed by atoms with Crippen LogP contribution >= 0.6 is 7.82 Å². The predicted molar refractivity (Wildman–Crippen MR) is 166 cm³/mol. The number of phosphoric acid groups is 1. The number of rotatable bonds is 13. The molecule has 46 heavy (non-hydrogen) atoms. The van der Waals surface area contributed by atoms with Gasteiger partial charge in [0.2, 0.25) is 0 Å². The first-order valence-electron chi connectivity index (χ1n) is 14.9. The molecule has 0 amide bonds. The average molecular weight is 661 g/mol. The summed E-state index contributed by atoms with van der Waals surface area (Å²) < 4.78 is 37.6. The van der Waals surface area contributed by atoms with E-state index in [4.69, 9.17) is 18.3 Å². The van der Waals surface area contributed by atoms with E-state index in [9.17, 15) is 28.8 Å². The van der Waals surface area contributed by atoms with E-state index < -0.39 is 48.8 Å². The Bertz CT molecular complexity index is 1980. The van der Waals surface area contributed by atoms with Crippen LogP contribution in [-0.4, -0.2) is 66.7 Å². The standard InChI is InChI=1S/C29H37N6O10P/c1-16-11-19-20(12-17(16)2)34(25-24(30-19)27(38)32-28(39)31-25)9-7-5-6-8-10-43-46(41,42-4)44-15-22-21(36)13-23(45-22)35-14-18(3)26(37)33-29(35)40/h11-12,14,21-23,36H,5-10,13,15H2,1-4H3,(H,32,38,39)(H,33,37,40)/t21-,22+,23+,46?/m0/s1. The Balaban J connectivity index is 1.12. The summed E-state index contributed by atoms with van der Waals surface area (Å²) in [6.07, 6.45) is 1.34. The maximum absolute atomic E-state index is 13.0. The molecule has 4 heterocycles. The van der Waals surface area contributed by atoms with E-state index in [1.807, 2.05) is 30.5 Å². The van der Waals surface area contributed by atoms with Crippen LogP contribution in [0.1, 0.15) is 55.0 Å². The number of hydrogen-bond donors (Lipinski definition) is 3. The van der Waals surface area contributed by atoms with Gasteiger partial charge in [0.25, 0.3) is 11.1 Å². The molecule has 5 rings (SSSR count). The summed E-state index contributed by atoms with van der Waals surface area (Å²) in [7, 11) is -2.77. The fourth-order valence-corrected chi connectivity index (χ4v) is 6.29. The van der Waals surface area contributed by atoms with Crippen molar-refractivity contribution in [1.82, 2.24) is 29.1 Å². The summed E-state index contributed by atoms with van der Waals surface area (Å²) in [5.41, 5.74) is 1.41. The highest BCUT2D eigenvalue weighted by Crippen LogP contribution is 2.49. The predicted octanol–water partition coefficient (Wildman–Crippen LogP) is 2.06. The second-order valence-corrected chi connectivity index (χ2v) is 13.1. The van der Waals surface area contributed by atoms with Crippen LogP contribution in [0.15, 0.2) is 37.5 Å². The highest BCUT2D eigenvalue weighted by atomic mass is 31.2. The maximum atomic E-state index is 13.0. The number of hydrogen-bond acceptors (Lipinski definition) is 12. The molecular weight excluding hydrogens is 623 g/mol. The Morgan fingerprint density at radius 1 is 0.978 bits per heavy atom. The van der Waals surface area contributed by atoms with Crippen LogP contribution in [0, 0.1) is 20.8 Å². The molecule has 3 aliphatic rings. The number of nitrogens with one attached hydrogen (secondary N) is 2. The molecule has 16 nitrogen and oxygen atoms in total. The van der Waals surface area contributed by atoms with Crippen LogP contribution in [0.3, 0.4) is 0 Å². The lowest BCUT2D eigenvalue weighted by Gasteiger charge is -2.20. The van der Waals surface area contributed by atoms with Gasteiger partial charge in [-0.15, -0.1) is 0 Å². The van der Waals surface area contributed by atoms with E-state index in [0.717, 1.165) is 23.1 Å². The molecule has 1 unspecified atom stereocenters. The highest BCUT2D eigenvalue weighted by Gasteiger charge is 2.38. The Morgan fingerprint density at radius 3 is 2.48 bits per heavy atom. The third-order valence-electron chi connectivity index (χ3n) is 8.03. The SMILES string of the molecule is COP(=O)(OCCCCCCn1c2nc(=O)[nH]c(=O)c-2nc2cc(C)c(C)cc21)OC[C@H]1O[C@@H](n2cc(C)c(=O)[nH]c2=O)C[C@@H]1O. The second kappa shape index (κ2) is 13.9. The first-order valence-corrected chi connectivity index (χ1v) is 16.4. The monoisotopic (exact) mass is 660 g/mol. The summed E-state index contributed by atoms with van der Waals surface area (Å²) in [5.74, 6) is 0.231. The van der Waals surface area contributed by atoms with E-state index in [0.29, 0.717) is 36.9 Å². The normalized spacial score (nSPS) is 19.6. The van der Waals surface area contributed by atoms with Crippen LogP contribution in [0.4, 0.5) is 0 Å². The van der Waals surface area contributed by atoms with Crippen LogP contribution in [0.2, 0.25) is 0 Å². The van der Waals surface area contributed by atoms with Gasteiger partial charge in [-0.25, -0.2) is 19.1 Å². The van der Waals surface area contributed by atoms with Gasteiger partial charge in [0.15, 0.2) is 11.5 Å². The zero-order valence-electron chi connectivity index (χ0n) is 26.0. The van der Waals surface area contributed by atoms with E-state index in [-0.39, 0.29) is 31.2 Å². The van der Waals surface area contributed by atoms with Crippen molar-refractivity contribution in [2.45, 2.75) is 77.9 Å². The molecule has 3 aliphatic heterocycles. The van der Waals surface area contributed by atoms with Crippen molar-refractivity contribution in [3.63, 3.8) is 0 Å². The Labute approximate surface area is 262 Å². The molecule has 4 atom stereocenters. The lowest BCUT2D eigenvalue weighted by Crippen LogP contribution is -2.33. The van der Waals surface area contributed by atoms with Gasteiger partial charge < -0.3 is 14.4 Å². The molecule has 248 valence electrons. The van der Waals surface area contributed by atoms with Crippen LogP contribution < -0.4 is 22.5 Å². The van der Waals surface area contributed by atoms with E-state index in [2.05, 4.69) is 19.9 Å². The third kappa shape index (κ3) is 7.27. The van der Waals surface area contributed by atoms with Gasteiger partial charge >= 0.3 is 19.2 Å². The van der Waals surface area contributed by atoms with Crippen molar-refractivity contribution >= 4 is 18.9 Å². The largest absolute Gasteiger partial charge is 0.474 e. The number of ether oxygens (including phenoxy) is 1. The van der Waals surface area contributed by atoms with Crippen LogP contribution in [0.25, 0.3) is 22.6 Å². The minimum absolute atomic E-state index is 0.0603. The zero-order chi connectivity index (χ0) is 33.2. The zero-order valence-corrected chi connectivity index (χ0v) is 26.9. The molecule has 0 spiro atoms. The number of aliphatic hydroxyl groups excluding tert-OH is 1. The number of aryl methyl sites for hydroxylation is 4. The van der Waals surface area contributed by atoms with Crippen LogP contribution in [0.5, 0.6) is 0 Å². The molecule has 0 bridgehead atoms. The van der Waals surface area contributed by atoms with Crippen molar-refractivity contribution in [3.8, 4) is 11.5 Å². The lowest BCUT2D eigenvalue weighted by atomic mass is 10.1. The van der Waals surface area contributed by atoms with Crippen molar-refractivity contribution in [2.24, 2.45) is 0 Å². The van der Waals surface area contributed by atoms with Crippen molar-refractivity contribution in [2.75, 3.05) is 20.3 Å². The molecule has 1 saturated heterocycles. The number of H-pyrrole nitrogens is 2. The number of aliphatic hydroxyl groups is 1. The summed E-state index contributed by atoms with van der Waals surface area (Å²) >= 11 is 0. The van der Waals surface area contributed by atoms with Gasteiger partial charge in [0, 0.05) is 31.8 Å². The third-order valence-corrected chi connectivity index (χ3v) is 9.44. The van der Waals surface area contributed by atoms with Crippen molar-refractivity contribution in [1.29, 1.82) is 0 Å². The first kappa shape index (κ1) is 33.6. The Kier molecular flexibility index (Phi) is 10.2. The molecule has 0 radical (unpaired) electrons. The van der Waals surface area contributed by atoms with Crippen molar-refractivity contribution in [3.05, 3.63) is 76.7 Å². The van der Waals surface area contributed by atoms with E-state index in [1.165, 1.54) is 17.9 Å². The number of aromatic nitrogens is 6. The number of benzene rings is 1. The number of phosphoric ester groups is 1.